The van der Waals surface area contributed by atoms with Crippen LogP contribution in [-0.2, 0) is 16.6 Å². The molecule has 0 radical (unpaired) electrons. The maximum atomic E-state index is 12.4. The second kappa shape index (κ2) is 5.28. The first-order valence-electron chi connectivity index (χ1n) is 6.23. The summed E-state index contributed by atoms with van der Waals surface area (Å²) in [5, 5.41) is 5.31. The summed E-state index contributed by atoms with van der Waals surface area (Å²) in [6.07, 6.45) is 2.42. The number of hydrogen-bond donors (Lipinski definition) is 1. The predicted molar refractivity (Wildman–Crippen MR) is 74.4 cm³/mol. The molecule has 0 bridgehead atoms. The second-order valence-corrected chi connectivity index (χ2v) is 7.69. The summed E-state index contributed by atoms with van der Waals surface area (Å²) in [5.74, 6) is 0. The molecule has 0 aromatic carbocycles. The highest BCUT2D eigenvalue weighted by Gasteiger charge is 2.27. The molecule has 102 valence electrons. The number of sulfonamides is 1. The molecule has 1 aromatic heterocycles. The summed E-state index contributed by atoms with van der Waals surface area (Å²) in [7, 11) is -1.70. The van der Waals surface area contributed by atoms with Crippen LogP contribution in [0.5, 0.6) is 0 Å². The summed E-state index contributed by atoms with van der Waals surface area (Å²) in [4.78, 5) is 1.43. The van der Waals surface area contributed by atoms with Gasteiger partial charge in [0.25, 0.3) is 0 Å². The van der Waals surface area contributed by atoms with Crippen LogP contribution in [0.15, 0.2) is 10.3 Å². The van der Waals surface area contributed by atoms with Crippen LogP contribution in [0, 0.1) is 6.92 Å². The molecule has 18 heavy (non-hydrogen) atoms. The monoisotopic (exact) mass is 288 g/mol. The van der Waals surface area contributed by atoms with Gasteiger partial charge in [-0.2, -0.15) is 0 Å². The van der Waals surface area contributed by atoms with Gasteiger partial charge in [0.05, 0.1) is 0 Å². The van der Waals surface area contributed by atoms with Gasteiger partial charge in [-0.3, -0.25) is 0 Å². The van der Waals surface area contributed by atoms with Crippen LogP contribution in [0.4, 0.5) is 0 Å². The zero-order valence-electron chi connectivity index (χ0n) is 11.1. The number of nitrogens with one attached hydrogen (secondary N) is 1. The van der Waals surface area contributed by atoms with E-state index in [0.29, 0.717) is 24.0 Å². The zero-order chi connectivity index (χ0) is 13.3. The van der Waals surface area contributed by atoms with Gasteiger partial charge in [-0.05, 0) is 30.7 Å². The van der Waals surface area contributed by atoms with E-state index in [1.165, 1.54) is 28.5 Å². The summed E-state index contributed by atoms with van der Waals surface area (Å²) < 4.78 is 26.3. The fourth-order valence-electron chi connectivity index (χ4n) is 1.81. The molecule has 1 saturated carbocycles. The quantitative estimate of drug-likeness (QED) is 0.870. The van der Waals surface area contributed by atoms with Gasteiger partial charge in [-0.15, -0.1) is 11.3 Å². The number of hydrogen-bond acceptors (Lipinski definition) is 4. The van der Waals surface area contributed by atoms with Gasteiger partial charge in [0, 0.05) is 31.1 Å². The van der Waals surface area contributed by atoms with E-state index in [9.17, 15) is 8.42 Å². The molecule has 1 aliphatic carbocycles. The number of thiophene rings is 1. The van der Waals surface area contributed by atoms with E-state index in [1.54, 1.807) is 7.05 Å². The van der Waals surface area contributed by atoms with Crippen molar-refractivity contribution in [3.63, 3.8) is 0 Å². The van der Waals surface area contributed by atoms with Crippen LogP contribution in [0.25, 0.3) is 0 Å². The molecule has 2 rings (SSSR count). The van der Waals surface area contributed by atoms with Crippen molar-refractivity contribution in [3.8, 4) is 0 Å². The fourth-order valence-corrected chi connectivity index (χ4v) is 4.69. The third kappa shape index (κ3) is 2.77. The molecular weight excluding hydrogens is 268 g/mol. The Hall–Kier alpha value is -0.430. The SMILES string of the molecule is CCN(C)S(=O)(=O)c1c(C)csc1CNC1CC1. The van der Waals surface area contributed by atoms with Crippen LogP contribution in [0.1, 0.15) is 30.2 Å². The Bertz CT molecular complexity index is 518. The van der Waals surface area contributed by atoms with Crippen molar-refractivity contribution in [1.82, 2.24) is 9.62 Å². The Morgan fingerprint density at radius 1 is 1.50 bits per heavy atom. The van der Waals surface area contributed by atoms with Crippen LogP contribution in [0.3, 0.4) is 0 Å². The lowest BCUT2D eigenvalue weighted by atomic mass is 10.3. The van der Waals surface area contributed by atoms with Gasteiger partial charge in [0.1, 0.15) is 4.90 Å². The average Bonchev–Trinajstić information content (AvgIpc) is 3.08. The van der Waals surface area contributed by atoms with E-state index in [1.807, 2.05) is 19.2 Å². The number of aryl methyl sites for hydroxylation is 1. The van der Waals surface area contributed by atoms with E-state index < -0.39 is 10.0 Å². The molecule has 0 aliphatic heterocycles. The minimum absolute atomic E-state index is 0.493. The number of nitrogens with zero attached hydrogens (tertiary/aromatic N) is 1. The Balaban J connectivity index is 2.27. The van der Waals surface area contributed by atoms with Crippen LogP contribution >= 0.6 is 11.3 Å². The Morgan fingerprint density at radius 3 is 2.72 bits per heavy atom. The van der Waals surface area contributed by atoms with Crippen LogP contribution in [-0.4, -0.2) is 32.4 Å². The smallest absolute Gasteiger partial charge is 0.244 e. The highest BCUT2D eigenvalue weighted by Crippen LogP contribution is 2.30. The summed E-state index contributed by atoms with van der Waals surface area (Å²) in [6.45, 7) is 4.87. The van der Waals surface area contributed by atoms with E-state index in [4.69, 9.17) is 0 Å². The highest BCUT2D eigenvalue weighted by molar-refractivity contribution is 7.89. The van der Waals surface area contributed by atoms with Crippen LogP contribution < -0.4 is 5.32 Å². The third-order valence-corrected chi connectivity index (χ3v) is 6.63. The zero-order valence-corrected chi connectivity index (χ0v) is 12.7. The molecule has 0 unspecified atom stereocenters. The predicted octanol–water partition coefficient (Wildman–Crippen LogP) is 1.95. The van der Waals surface area contributed by atoms with E-state index in [-0.39, 0.29) is 0 Å². The molecule has 0 amide bonds. The Labute approximate surface area is 113 Å². The lowest BCUT2D eigenvalue weighted by molar-refractivity contribution is 0.485. The molecular formula is C12H20N2O2S2. The summed E-state index contributed by atoms with van der Waals surface area (Å²) in [5.41, 5.74) is 0.855. The topological polar surface area (TPSA) is 49.4 Å². The van der Waals surface area contributed by atoms with Gasteiger partial charge >= 0.3 is 0 Å². The van der Waals surface area contributed by atoms with Crippen molar-refractivity contribution in [2.24, 2.45) is 0 Å². The lowest BCUT2D eigenvalue weighted by Gasteiger charge is -2.16. The van der Waals surface area contributed by atoms with Crippen molar-refractivity contribution < 1.29 is 8.42 Å². The molecule has 4 nitrogen and oxygen atoms in total. The maximum absolute atomic E-state index is 12.4. The Morgan fingerprint density at radius 2 is 2.17 bits per heavy atom. The van der Waals surface area contributed by atoms with Gasteiger partial charge in [0.2, 0.25) is 10.0 Å². The normalized spacial score (nSPS) is 16.4. The molecule has 0 saturated heterocycles. The van der Waals surface area contributed by atoms with Crippen molar-refractivity contribution in [2.75, 3.05) is 13.6 Å². The van der Waals surface area contributed by atoms with E-state index in [0.717, 1.165) is 10.4 Å². The van der Waals surface area contributed by atoms with Gasteiger partial charge < -0.3 is 5.32 Å². The lowest BCUT2D eigenvalue weighted by Crippen LogP contribution is -2.28. The standard InChI is InChI=1S/C12H20N2O2S2/c1-4-14(3)18(15,16)12-9(2)8-17-11(12)7-13-10-5-6-10/h8,10,13H,4-7H2,1-3H3. The average molecular weight is 288 g/mol. The Kier molecular flexibility index (Phi) is 4.11. The van der Waals surface area contributed by atoms with Crippen molar-refractivity contribution >= 4 is 21.4 Å². The largest absolute Gasteiger partial charge is 0.309 e. The first-order chi connectivity index (χ1) is 8.46. The molecule has 1 aliphatic rings. The first kappa shape index (κ1) is 14.0. The van der Waals surface area contributed by atoms with Gasteiger partial charge in [-0.25, -0.2) is 12.7 Å². The molecule has 0 spiro atoms. The van der Waals surface area contributed by atoms with Crippen LogP contribution in [0.2, 0.25) is 0 Å². The van der Waals surface area contributed by atoms with E-state index in [2.05, 4.69) is 5.32 Å². The molecule has 1 N–H and O–H groups in total. The first-order valence-corrected chi connectivity index (χ1v) is 8.55. The van der Waals surface area contributed by atoms with Crippen molar-refractivity contribution in [3.05, 3.63) is 15.8 Å². The molecule has 1 fully saturated rings. The minimum atomic E-state index is -3.33. The summed E-state index contributed by atoms with van der Waals surface area (Å²) in [6, 6.07) is 0.590. The van der Waals surface area contributed by atoms with Crippen molar-refractivity contribution in [2.45, 2.75) is 44.2 Å². The maximum Gasteiger partial charge on any atom is 0.244 e. The second-order valence-electron chi connectivity index (χ2n) is 4.75. The highest BCUT2D eigenvalue weighted by atomic mass is 32.2. The molecule has 6 heteroatoms. The minimum Gasteiger partial charge on any atom is -0.309 e. The molecule has 0 atom stereocenters. The molecule has 1 aromatic rings. The summed E-state index contributed by atoms with van der Waals surface area (Å²) >= 11 is 1.53. The third-order valence-electron chi connectivity index (χ3n) is 3.23. The molecule has 1 heterocycles. The van der Waals surface area contributed by atoms with Crippen molar-refractivity contribution in [1.29, 1.82) is 0 Å². The van der Waals surface area contributed by atoms with E-state index >= 15 is 0 Å². The number of rotatable bonds is 6. The van der Waals surface area contributed by atoms with Gasteiger partial charge in [0.15, 0.2) is 0 Å². The fraction of sp³-hybridized carbons (Fsp3) is 0.667. The van der Waals surface area contributed by atoms with Gasteiger partial charge in [-0.1, -0.05) is 6.92 Å².